The lowest BCUT2D eigenvalue weighted by molar-refractivity contribution is -0.125. The van der Waals surface area contributed by atoms with Crippen LogP contribution in [0.15, 0.2) is 23.3 Å². The molecule has 1 saturated carbocycles. The highest BCUT2D eigenvalue weighted by Gasteiger charge is 2.20. The van der Waals surface area contributed by atoms with E-state index >= 15 is 0 Å². The summed E-state index contributed by atoms with van der Waals surface area (Å²) in [4.78, 5) is 11.9. The van der Waals surface area contributed by atoms with Crippen molar-refractivity contribution in [2.24, 2.45) is 11.0 Å². The van der Waals surface area contributed by atoms with E-state index < -0.39 is 0 Å². The first-order valence-electron chi connectivity index (χ1n) is 6.45. The average Bonchev–Trinajstić information content (AvgIpc) is 2.44. The summed E-state index contributed by atoms with van der Waals surface area (Å²) >= 11 is 11.9. The fourth-order valence-electron chi connectivity index (χ4n) is 2.24. The maximum atomic E-state index is 11.9. The first kappa shape index (κ1) is 14.4. The molecule has 2 rings (SSSR count). The van der Waals surface area contributed by atoms with Gasteiger partial charge in [0.15, 0.2) is 0 Å². The van der Waals surface area contributed by atoms with E-state index in [2.05, 4.69) is 10.5 Å². The zero-order chi connectivity index (χ0) is 13.7. The third-order valence-electron chi connectivity index (χ3n) is 3.34. The zero-order valence-electron chi connectivity index (χ0n) is 10.5. The van der Waals surface area contributed by atoms with E-state index in [1.54, 1.807) is 18.2 Å². The number of benzene rings is 1. The predicted octanol–water partition coefficient (Wildman–Crippen LogP) is 4.02. The largest absolute Gasteiger partial charge is 0.273 e. The summed E-state index contributed by atoms with van der Waals surface area (Å²) in [5, 5.41) is 4.87. The lowest BCUT2D eigenvalue weighted by Crippen LogP contribution is -2.28. The summed E-state index contributed by atoms with van der Waals surface area (Å²) in [6.07, 6.45) is 6.92. The Bertz CT molecular complexity index is 482. The van der Waals surface area contributed by atoms with E-state index in [0.29, 0.717) is 15.6 Å². The number of rotatable bonds is 3. The van der Waals surface area contributed by atoms with Crippen molar-refractivity contribution in [2.45, 2.75) is 32.1 Å². The fourth-order valence-corrected chi connectivity index (χ4v) is 2.60. The molecule has 3 nitrogen and oxygen atoms in total. The molecule has 0 heterocycles. The highest BCUT2D eigenvalue weighted by molar-refractivity contribution is 6.43. The van der Waals surface area contributed by atoms with Crippen molar-refractivity contribution in [1.29, 1.82) is 0 Å². The number of nitrogens with zero attached hydrogens (tertiary/aromatic N) is 1. The van der Waals surface area contributed by atoms with E-state index in [4.69, 9.17) is 23.2 Å². The number of halogens is 2. The summed E-state index contributed by atoms with van der Waals surface area (Å²) < 4.78 is 0. The summed E-state index contributed by atoms with van der Waals surface area (Å²) in [7, 11) is 0. The summed E-state index contributed by atoms with van der Waals surface area (Å²) in [5.74, 6) is 0.0924. The Morgan fingerprint density at radius 1 is 1.26 bits per heavy atom. The van der Waals surface area contributed by atoms with Gasteiger partial charge in [-0.3, -0.25) is 4.79 Å². The second kappa shape index (κ2) is 6.92. The minimum absolute atomic E-state index is 0.00546. The van der Waals surface area contributed by atoms with Crippen LogP contribution in [0.5, 0.6) is 0 Å². The van der Waals surface area contributed by atoms with Crippen molar-refractivity contribution in [3.63, 3.8) is 0 Å². The molecule has 1 aliphatic rings. The second-order valence-corrected chi connectivity index (χ2v) is 5.50. The van der Waals surface area contributed by atoms with Gasteiger partial charge in [0, 0.05) is 11.5 Å². The molecule has 1 fully saturated rings. The number of nitrogens with one attached hydrogen (secondary N) is 1. The molecule has 0 unspecified atom stereocenters. The van der Waals surface area contributed by atoms with E-state index in [1.807, 2.05) is 0 Å². The maximum Gasteiger partial charge on any atom is 0.243 e. The Morgan fingerprint density at radius 3 is 2.74 bits per heavy atom. The Balaban J connectivity index is 1.92. The molecule has 0 saturated heterocycles. The topological polar surface area (TPSA) is 41.5 Å². The Hall–Kier alpha value is -1.06. The van der Waals surface area contributed by atoms with E-state index in [1.165, 1.54) is 12.6 Å². The molecule has 19 heavy (non-hydrogen) atoms. The maximum absolute atomic E-state index is 11.9. The van der Waals surface area contributed by atoms with Gasteiger partial charge in [-0.2, -0.15) is 5.10 Å². The summed E-state index contributed by atoms with van der Waals surface area (Å²) in [6.45, 7) is 0. The van der Waals surface area contributed by atoms with Crippen molar-refractivity contribution in [2.75, 3.05) is 0 Å². The van der Waals surface area contributed by atoms with Crippen LogP contribution >= 0.6 is 23.2 Å². The molecule has 1 aromatic carbocycles. The van der Waals surface area contributed by atoms with Gasteiger partial charge >= 0.3 is 0 Å². The van der Waals surface area contributed by atoms with Crippen LogP contribution in [-0.2, 0) is 4.79 Å². The van der Waals surface area contributed by atoms with Gasteiger partial charge in [0.2, 0.25) is 5.91 Å². The van der Waals surface area contributed by atoms with Crippen LogP contribution in [0.25, 0.3) is 0 Å². The van der Waals surface area contributed by atoms with Crippen LogP contribution in [0.2, 0.25) is 10.0 Å². The SMILES string of the molecule is O=C(N/N=C\c1cccc(Cl)c1Cl)C1CCCCC1. The van der Waals surface area contributed by atoms with Crippen LogP contribution in [0.4, 0.5) is 0 Å². The second-order valence-electron chi connectivity index (χ2n) is 4.71. The summed E-state index contributed by atoms with van der Waals surface area (Å²) in [5.41, 5.74) is 3.27. The number of amides is 1. The molecule has 0 radical (unpaired) electrons. The van der Waals surface area contributed by atoms with E-state index in [0.717, 1.165) is 25.7 Å². The van der Waals surface area contributed by atoms with Gasteiger partial charge in [0.05, 0.1) is 16.3 Å². The molecule has 0 spiro atoms. The molecule has 1 N–H and O–H groups in total. The van der Waals surface area contributed by atoms with Gasteiger partial charge in [0.1, 0.15) is 0 Å². The van der Waals surface area contributed by atoms with Gasteiger partial charge in [0.25, 0.3) is 0 Å². The normalized spacial score (nSPS) is 16.7. The highest BCUT2D eigenvalue weighted by Crippen LogP contribution is 2.25. The van der Waals surface area contributed by atoms with Crippen molar-refractivity contribution in [3.05, 3.63) is 33.8 Å². The molecule has 0 atom stereocenters. The molecule has 5 heteroatoms. The first-order chi connectivity index (χ1) is 9.18. The number of hydrazone groups is 1. The monoisotopic (exact) mass is 298 g/mol. The van der Waals surface area contributed by atoms with E-state index in [-0.39, 0.29) is 11.8 Å². The van der Waals surface area contributed by atoms with E-state index in [9.17, 15) is 4.79 Å². The van der Waals surface area contributed by atoms with Crippen LogP contribution in [0.3, 0.4) is 0 Å². The van der Waals surface area contributed by atoms with Crippen molar-refractivity contribution < 1.29 is 4.79 Å². The third kappa shape index (κ3) is 3.95. The minimum Gasteiger partial charge on any atom is -0.273 e. The quantitative estimate of drug-likeness (QED) is 0.664. The molecule has 1 aliphatic carbocycles. The van der Waals surface area contributed by atoms with Gasteiger partial charge in [-0.05, 0) is 18.9 Å². The van der Waals surface area contributed by atoms with Crippen LogP contribution in [0.1, 0.15) is 37.7 Å². The highest BCUT2D eigenvalue weighted by atomic mass is 35.5. The Morgan fingerprint density at radius 2 is 2.00 bits per heavy atom. The fraction of sp³-hybridized carbons (Fsp3) is 0.429. The Kier molecular flexibility index (Phi) is 5.23. The zero-order valence-corrected chi connectivity index (χ0v) is 12.0. The first-order valence-corrected chi connectivity index (χ1v) is 7.21. The van der Waals surface area contributed by atoms with Crippen molar-refractivity contribution >= 4 is 35.3 Å². The molecular weight excluding hydrogens is 283 g/mol. The van der Waals surface area contributed by atoms with Gasteiger partial charge in [-0.25, -0.2) is 5.43 Å². The molecule has 0 aliphatic heterocycles. The molecule has 0 aromatic heterocycles. The number of carbonyl (C=O) groups excluding carboxylic acids is 1. The van der Waals surface area contributed by atoms with Crippen molar-refractivity contribution in [1.82, 2.24) is 5.43 Å². The number of hydrogen-bond donors (Lipinski definition) is 1. The number of carbonyl (C=O) groups is 1. The molecule has 1 aromatic rings. The van der Waals surface area contributed by atoms with Crippen LogP contribution < -0.4 is 5.43 Å². The van der Waals surface area contributed by atoms with Gasteiger partial charge in [-0.15, -0.1) is 0 Å². The molecule has 102 valence electrons. The number of hydrogen-bond acceptors (Lipinski definition) is 2. The molecule has 0 bridgehead atoms. The molecular formula is C14H16Cl2N2O. The third-order valence-corrected chi connectivity index (χ3v) is 4.17. The minimum atomic E-state index is -0.00546. The lowest BCUT2D eigenvalue weighted by Gasteiger charge is -2.19. The predicted molar refractivity (Wildman–Crippen MR) is 78.8 cm³/mol. The standard InChI is InChI=1S/C14H16Cl2N2O/c15-12-8-4-7-11(13(12)16)9-17-18-14(19)10-5-2-1-3-6-10/h4,7-10H,1-3,5-6H2,(H,18,19)/b17-9-. The summed E-state index contributed by atoms with van der Waals surface area (Å²) in [6, 6.07) is 5.30. The molecule has 1 amide bonds. The van der Waals surface area contributed by atoms with Crippen LogP contribution in [0, 0.1) is 5.92 Å². The lowest BCUT2D eigenvalue weighted by atomic mass is 9.89. The Labute approximate surface area is 123 Å². The smallest absolute Gasteiger partial charge is 0.243 e. The average molecular weight is 299 g/mol. The van der Waals surface area contributed by atoms with Gasteiger partial charge < -0.3 is 0 Å². The van der Waals surface area contributed by atoms with Crippen molar-refractivity contribution in [3.8, 4) is 0 Å². The van der Waals surface area contributed by atoms with Gasteiger partial charge in [-0.1, -0.05) is 54.6 Å². The van der Waals surface area contributed by atoms with Crippen LogP contribution in [-0.4, -0.2) is 12.1 Å².